The minimum absolute atomic E-state index is 0.0137. The maximum absolute atomic E-state index is 12.8. The number of anilines is 1. The van der Waals surface area contributed by atoms with Gasteiger partial charge in [0, 0.05) is 19.0 Å². The first-order valence-corrected chi connectivity index (χ1v) is 8.28. The largest absolute Gasteiger partial charge is 0.348 e. The summed E-state index contributed by atoms with van der Waals surface area (Å²) in [7, 11) is 0. The summed E-state index contributed by atoms with van der Waals surface area (Å²) in [6, 6.07) is 16.4. The molecule has 1 unspecified atom stereocenters. The van der Waals surface area contributed by atoms with Crippen molar-refractivity contribution in [2.75, 3.05) is 11.4 Å². The first-order valence-electron chi connectivity index (χ1n) is 8.28. The van der Waals surface area contributed by atoms with Gasteiger partial charge in [-0.15, -0.1) is 0 Å². The summed E-state index contributed by atoms with van der Waals surface area (Å²) in [4.78, 5) is 26.7. The molecule has 5 nitrogen and oxygen atoms in total. The van der Waals surface area contributed by atoms with Crippen molar-refractivity contribution in [3.8, 4) is 6.07 Å². The molecule has 1 aliphatic rings. The van der Waals surface area contributed by atoms with E-state index in [-0.39, 0.29) is 17.9 Å². The average Bonchev–Trinajstić information content (AvgIpc) is 2.76. The van der Waals surface area contributed by atoms with Crippen molar-refractivity contribution in [2.45, 2.75) is 25.8 Å². The normalized spacial score (nSPS) is 16.4. The van der Waals surface area contributed by atoms with Crippen molar-refractivity contribution in [3.05, 3.63) is 65.2 Å². The van der Waals surface area contributed by atoms with Gasteiger partial charge in [-0.25, -0.2) is 0 Å². The van der Waals surface area contributed by atoms with Crippen LogP contribution in [0.2, 0.25) is 0 Å². The molecule has 0 fully saturated rings. The third kappa shape index (κ3) is 3.69. The lowest BCUT2D eigenvalue weighted by atomic mass is 10.1. The van der Waals surface area contributed by atoms with Crippen molar-refractivity contribution >= 4 is 17.5 Å². The third-order valence-corrected chi connectivity index (χ3v) is 4.29. The number of carbonyl (C=O) groups excluding carboxylic acids is 2. The molecule has 2 aromatic carbocycles. The number of benzene rings is 2. The minimum atomic E-state index is -0.148. The molecule has 0 saturated heterocycles. The van der Waals surface area contributed by atoms with Crippen LogP contribution < -0.4 is 10.2 Å². The molecule has 0 saturated carbocycles. The summed E-state index contributed by atoms with van der Waals surface area (Å²) < 4.78 is 0. The Labute approximate surface area is 146 Å². The van der Waals surface area contributed by atoms with Gasteiger partial charge in [0.2, 0.25) is 5.91 Å². The fourth-order valence-electron chi connectivity index (χ4n) is 2.99. The minimum Gasteiger partial charge on any atom is -0.348 e. The number of aryl methyl sites for hydroxylation is 1. The van der Waals surface area contributed by atoms with Gasteiger partial charge in [-0.05, 0) is 43.2 Å². The highest BCUT2D eigenvalue weighted by atomic mass is 16.2. The predicted molar refractivity (Wildman–Crippen MR) is 95.2 cm³/mol. The molecule has 0 aliphatic carbocycles. The van der Waals surface area contributed by atoms with E-state index in [1.807, 2.05) is 31.2 Å². The first-order chi connectivity index (χ1) is 12.1. The van der Waals surface area contributed by atoms with Crippen LogP contribution in [0.15, 0.2) is 48.5 Å². The highest BCUT2D eigenvalue weighted by Gasteiger charge is 2.27. The Morgan fingerprint density at radius 2 is 1.96 bits per heavy atom. The molecular weight excluding hydrogens is 314 g/mol. The van der Waals surface area contributed by atoms with E-state index in [1.165, 1.54) is 0 Å². The van der Waals surface area contributed by atoms with Crippen LogP contribution in [0.3, 0.4) is 0 Å². The summed E-state index contributed by atoms with van der Waals surface area (Å²) in [5.74, 6) is -0.161. The molecule has 0 aromatic heterocycles. The van der Waals surface area contributed by atoms with Crippen LogP contribution in [0.4, 0.5) is 5.69 Å². The van der Waals surface area contributed by atoms with Crippen LogP contribution in [0, 0.1) is 11.3 Å². The van der Waals surface area contributed by atoms with Gasteiger partial charge in [0.1, 0.15) is 0 Å². The van der Waals surface area contributed by atoms with E-state index >= 15 is 0 Å². The van der Waals surface area contributed by atoms with Gasteiger partial charge in [0.05, 0.1) is 22.9 Å². The number of fused-ring (bicyclic) bond motifs is 1. The van der Waals surface area contributed by atoms with E-state index in [2.05, 4.69) is 11.4 Å². The number of para-hydroxylation sites is 1. The molecule has 3 rings (SSSR count). The van der Waals surface area contributed by atoms with Crippen molar-refractivity contribution < 1.29 is 9.59 Å². The number of carbonyl (C=O) groups is 2. The van der Waals surface area contributed by atoms with E-state index in [0.29, 0.717) is 36.2 Å². The molecule has 1 aliphatic heterocycles. The Hall–Kier alpha value is -3.13. The molecule has 0 bridgehead atoms. The van der Waals surface area contributed by atoms with Crippen molar-refractivity contribution in [1.29, 1.82) is 5.26 Å². The average molecular weight is 333 g/mol. The van der Waals surface area contributed by atoms with Gasteiger partial charge in [-0.1, -0.05) is 24.3 Å². The molecule has 1 N–H and O–H groups in total. The summed E-state index contributed by atoms with van der Waals surface area (Å²) in [5, 5.41) is 11.7. The Balaban J connectivity index is 1.77. The smallest absolute Gasteiger partial charge is 0.253 e. The SMILES string of the molecule is CC1CN(C(=O)CCc2ccc(C#N)cc2)c2ccccc2C(=O)N1. The van der Waals surface area contributed by atoms with E-state index in [4.69, 9.17) is 5.26 Å². The van der Waals surface area contributed by atoms with E-state index in [9.17, 15) is 9.59 Å². The van der Waals surface area contributed by atoms with Crippen LogP contribution in [0.1, 0.15) is 34.8 Å². The standard InChI is InChI=1S/C20H19N3O2/c1-14-13-23(18-5-3-2-4-17(18)20(25)22-14)19(24)11-10-15-6-8-16(12-21)9-7-15/h2-9,14H,10-11,13H2,1H3,(H,22,25). The van der Waals surface area contributed by atoms with Gasteiger partial charge in [0.25, 0.3) is 5.91 Å². The van der Waals surface area contributed by atoms with Crippen molar-refractivity contribution in [2.24, 2.45) is 0 Å². The summed E-state index contributed by atoms with van der Waals surface area (Å²) in [6.45, 7) is 2.35. The van der Waals surface area contributed by atoms with Gasteiger partial charge < -0.3 is 10.2 Å². The molecule has 25 heavy (non-hydrogen) atoms. The number of nitrogens with one attached hydrogen (secondary N) is 1. The second-order valence-electron chi connectivity index (χ2n) is 6.20. The highest BCUT2D eigenvalue weighted by molar-refractivity contribution is 6.06. The van der Waals surface area contributed by atoms with Gasteiger partial charge in [0.15, 0.2) is 0 Å². The predicted octanol–water partition coefficient (Wildman–Crippen LogP) is 2.66. The molecule has 5 heteroatoms. The maximum Gasteiger partial charge on any atom is 0.253 e. The van der Waals surface area contributed by atoms with Crippen molar-refractivity contribution in [3.63, 3.8) is 0 Å². The quantitative estimate of drug-likeness (QED) is 0.938. The zero-order valence-electron chi connectivity index (χ0n) is 14.0. The Morgan fingerprint density at radius 1 is 1.24 bits per heavy atom. The summed E-state index contributed by atoms with van der Waals surface area (Å²) in [5.41, 5.74) is 2.81. The van der Waals surface area contributed by atoms with Crippen LogP contribution in [0.25, 0.3) is 0 Å². The second-order valence-corrected chi connectivity index (χ2v) is 6.20. The molecular formula is C20H19N3O2. The van der Waals surface area contributed by atoms with E-state index in [0.717, 1.165) is 5.56 Å². The number of hydrogen-bond acceptors (Lipinski definition) is 3. The van der Waals surface area contributed by atoms with Crippen molar-refractivity contribution in [1.82, 2.24) is 5.32 Å². The molecule has 0 spiro atoms. The van der Waals surface area contributed by atoms with E-state index < -0.39 is 0 Å². The molecule has 1 atom stereocenters. The maximum atomic E-state index is 12.8. The van der Waals surface area contributed by atoms with E-state index in [1.54, 1.807) is 29.2 Å². The lowest BCUT2D eigenvalue weighted by Gasteiger charge is -2.24. The fourth-order valence-corrected chi connectivity index (χ4v) is 2.99. The summed E-state index contributed by atoms with van der Waals surface area (Å²) >= 11 is 0. The fraction of sp³-hybridized carbons (Fsp3) is 0.250. The Bertz CT molecular complexity index is 837. The lowest BCUT2D eigenvalue weighted by Crippen LogP contribution is -2.41. The second kappa shape index (κ2) is 7.18. The van der Waals surface area contributed by atoms with Gasteiger partial charge in [-0.3, -0.25) is 9.59 Å². The zero-order chi connectivity index (χ0) is 17.8. The van der Waals surface area contributed by atoms with Crippen LogP contribution in [0.5, 0.6) is 0 Å². The molecule has 126 valence electrons. The number of rotatable bonds is 3. The lowest BCUT2D eigenvalue weighted by molar-refractivity contribution is -0.118. The molecule has 0 radical (unpaired) electrons. The number of amides is 2. The highest BCUT2D eigenvalue weighted by Crippen LogP contribution is 2.24. The van der Waals surface area contributed by atoms with Gasteiger partial charge in [-0.2, -0.15) is 5.26 Å². The summed E-state index contributed by atoms with van der Waals surface area (Å²) in [6.07, 6.45) is 0.945. The number of nitrogens with zero attached hydrogens (tertiary/aromatic N) is 2. The molecule has 2 aromatic rings. The number of hydrogen-bond donors (Lipinski definition) is 1. The number of nitriles is 1. The van der Waals surface area contributed by atoms with Crippen LogP contribution in [-0.4, -0.2) is 24.4 Å². The zero-order valence-corrected chi connectivity index (χ0v) is 14.0. The monoisotopic (exact) mass is 333 g/mol. The first kappa shape index (κ1) is 16.7. The molecule has 2 amide bonds. The topological polar surface area (TPSA) is 73.2 Å². The van der Waals surface area contributed by atoms with Crippen LogP contribution in [-0.2, 0) is 11.2 Å². The Morgan fingerprint density at radius 3 is 2.68 bits per heavy atom. The van der Waals surface area contributed by atoms with Gasteiger partial charge >= 0.3 is 0 Å². The third-order valence-electron chi connectivity index (χ3n) is 4.29. The van der Waals surface area contributed by atoms with Crippen LogP contribution >= 0.6 is 0 Å². The molecule has 1 heterocycles. The Kier molecular flexibility index (Phi) is 4.80.